The maximum Gasteiger partial charge on any atom is 0.275 e. The van der Waals surface area contributed by atoms with Crippen LogP contribution in [0.5, 0.6) is 0 Å². The van der Waals surface area contributed by atoms with Crippen LogP contribution in [0.1, 0.15) is 16.2 Å². The predicted octanol–water partition coefficient (Wildman–Crippen LogP) is 2.75. The van der Waals surface area contributed by atoms with Crippen LogP contribution in [0.3, 0.4) is 0 Å². The van der Waals surface area contributed by atoms with E-state index in [0.29, 0.717) is 22.2 Å². The third kappa shape index (κ3) is 2.37. The van der Waals surface area contributed by atoms with Gasteiger partial charge in [-0.2, -0.15) is 0 Å². The molecule has 2 aromatic rings. The SMILES string of the molecule is Cc1nc(Cl)ccc1NC(=O)c1cscn1. The van der Waals surface area contributed by atoms with Crippen molar-refractivity contribution in [3.05, 3.63) is 39.6 Å². The van der Waals surface area contributed by atoms with Crippen LogP contribution in [0.25, 0.3) is 0 Å². The molecule has 6 heteroatoms. The number of nitrogens with zero attached hydrogens (tertiary/aromatic N) is 2. The summed E-state index contributed by atoms with van der Waals surface area (Å²) in [6.07, 6.45) is 0. The van der Waals surface area contributed by atoms with Gasteiger partial charge in [0.05, 0.1) is 16.9 Å². The normalized spacial score (nSPS) is 10.1. The molecule has 2 aromatic heterocycles. The van der Waals surface area contributed by atoms with E-state index in [1.807, 2.05) is 0 Å². The van der Waals surface area contributed by atoms with Gasteiger partial charge in [-0.15, -0.1) is 11.3 Å². The van der Waals surface area contributed by atoms with Crippen LogP contribution >= 0.6 is 22.9 Å². The Hall–Kier alpha value is -1.46. The Balaban J connectivity index is 2.18. The van der Waals surface area contributed by atoms with Gasteiger partial charge >= 0.3 is 0 Å². The van der Waals surface area contributed by atoms with Gasteiger partial charge in [0.1, 0.15) is 10.8 Å². The number of rotatable bonds is 2. The lowest BCUT2D eigenvalue weighted by Gasteiger charge is -2.06. The van der Waals surface area contributed by atoms with Crippen molar-refractivity contribution in [3.63, 3.8) is 0 Å². The van der Waals surface area contributed by atoms with E-state index in [9.17, 15) is 4.79 Å². The number of carbonyl (C=O) groups excluding carboxylic acids is 1. The Bertz CT molecular complexity index is 513. The fraction of sp³-hybridized carbons (Fsp3) is 0.100. The Morgan fingerprint density at radius 3 is 2.94 bits per heavy atom. The van der Waals surface area contributed by atoms with Gasteiger partial charge in [-0.05, 0) is 19.1 Å². The quantitative estimate of drug-likeness (QED) is 0.838. The molecule has 1 N–H and O–H groups in total. The summed E-state index contributed by atoms with van der Waals surface area (Å²) in [7, 11) is 0. The monoisotopic (exact) mass is 253 g/mol. The second kappa shape index (κ2) is 4.59. The maximum atomic E-state index is 11.7. The number of nitrogens with one attached hydrogen (secondary N) is 1. The summed E-state index contributed by atoms with van der Waals surface area (Å²) >= 11 is 7.10. The molecule has 0 aliphatic heterocycles. The molecule has 0 saturated heterocycles. The summed E-state index contributed by atoms with van der Waals surface area (Å²) in [4.78, 5) is 19.6. The van der Waals surface area contributed by atoms with Gasteiger partial charge in [-0.25, -0.2) is 9.97 Å². The molecule has 0 fully saturated rings. The molecule has 16 heavy (non-hydrogen) atoms. The smallest absolute Gasteiger partial charge is 0.275 e. The topological polar surface area (TPSA) is 54.9 Å². The molecule has 0 aliphatic carbocycles. The van der Waals surface area contributed by atoms with E-state index < -0.39 is 0 Å². The fourth-order valence-electron chi connectivity index (χ4n) is 1.17. The highest BCUT2D eigenvalue weighted by Gasteiger charge is 2.09. The first-order valence-corrected chi connectivity index (χ1v) is 5.81. The molecule has 1 amide bonds. The lowest BCUT2D eigenvalue weighted by atomic mass is 10.3. The average Bonchev–Trinajstić information content (AvgIpc) is 2.75. The minimum atomic E-state index is -0.242. The van der Waals surface area contributed by atoms with Crippen LogP contribution in [0.4, 0.5) is 5.69 Å². The fourth-order valence-corrected chi connectivity index (χ4v) is 1.90. The van der Waals surface area contributed by atoms with E-state index in [1.165, 1.54) is 11.3 Å². The molecule has 0 unspecified atom stereocenters. The zero-order valence-corrected chi connectivity index (χ0v) is 9.97. The second-order valence-electron chi connectivity index (χ2n) is 3.09. The molecule has 82 valence electrons. The number of hydrogen-bond acceptors (Lipinski definition) is 4. The highest BCUT2D eigenvalue weighted by Crippen LogP contribution is 2.16. The Labute approximate surface area is 101 Å². The number of thiazole rings is 1. The van der Waals surface area contributed by atoms with Crippen molar-refractivity contribution >= 4 is 34.5 Å². The first-order chi connectivity index (χ1) is 7.66. The third-order valence-corrected chi connectivity index (χ3v) is 2.76. The number of hydrogen-bond donors (Lipinski definition) is 1. The zero-order valence-electron chi connectivity index (χ0n) is 8.40. The summed E-state index contributed by atoms with van der Waals surface area (Å²) in [6, 6.07) is 3.35. The number of carbonyl (C=O) groups is 1. The van der Waals surface area contributed by atoms with Crippen LogP contribution in [0.2, 0.25) is 5.15 Å². The molecule has 0 radical (unpaired) electrons. The molecule has 0 saturated carbocycles. The van der Waals surface area contributed by atoms with E-state index >= 15 is 0 Å². The van der Waals surface area contributed by atoms with Crippen molar-refractivity contribution in [3.8, 4) is 0 Å². The maximum absolute atomic E-state index is 11.7. The number of aryl methyl sites for hydroxylation is 1. The van der Waals surface area contributed by atoms with Crippen LogP contribution in [-0.4, -0.2) is 15.9 Å². The van der Waals surface area contributed by atoms with Gasteiger partial charge < -0.3 is 5.32 Å². The van der Waals surface area contributed by atoms with Crippen LogP contribution < -0.4 is 5.32 Å². The van der Waals surface area contributed by atoms with Gasteiger partial charge in [0.15, 0.2) is 0 Å². The van der Waals surface area contributed by atoms with Gasteiger partial charge in [-0.3, -0.25) is 4.79 Å². The standard InChI is InChI=1S/C10H8ClN3OS/c1-6-7(2-3-9(11)13-6)14-10(15)8-4-16-5-12-8/h2-5H,1H3,(H,14,15). The van der Waals surface area contributed by atoms with E-state index in [0.717, 1.165) is 0 Å². The number of aromatic nitrogens is 2. The van der Waals surface area contributed by atoms with Crippen molar-refractivity contribution in [1.82, 2.24) is 9.97 Å². The number of amides is 1. The van der Waals surface area contributed by atoms with Crippen molar-refractivity contribution in [2.24, 2.45) is 0 Å². The molecule has 2 rings (SSSR count). The summed E-state index contributed by atoms with van der Waals surface area (Å²) < 4.78 is 0. The molecule has 4 nitrogen and oxygen atoms in total. The van der Waals surface area contributed by atoms with Crippen molar-refractivity contribution in [2.45, 2.75) is 6.92 Å². The third-order valence-electron chi connectivity index (χ3n) is 1.96. The largest absolute Gasteiger partial charge is 0.319 e. The van der Waals surface area contributed by atoms with Gasteiger partial charge in [0, 0.05) is 5.38 Å². The summed E-state index contributed by atoms with van der Waals surface area (Å²) in [5.41, 5.74) is 3.33. The van der Waals surface area contributed by atoms with Crippen molar-refractivity contribution in [2.75, 3.05) is 5.32 Å². The molecule has 0 spiro atoms. The highest BCUT2D eigenvalue weighted by molar-refractivity contribution is 7.07. The van der Waals surface area contributed by atoms with E-state index in [4.69, 9.17) is 11.6 Å². The van der Waals surface area contributed by atoms with Crippen molar-refractivity contribution < 1.29 is 4.79 Å². The summed E-state index contributed by atoms with van der Waals surface area (Å²) in [5, 5.41) is 4.82. The molecule has 0 aromatic carbocycles. The minimum Gasteiger partial charge on any atom is -0.319 e. The Morgan fingerprint density at radius 2 is 2.31 bits per heavy atom. The van der Waals surface area contributed by atoms with Crippen LogP contribution in [0.15, 0.2) is 23.0 Å². The van der Waals surface area contributed by atoms with Crippen LogP contribution in [0, 0.1) is 6.92 Å². The van der Waals surface area contributed by atoms with E-state index in [1.54, 1.807) is 29.9 Å². The van der Waals surface area contributed by atoms with E-state index in [2.05, 4.69) is 15.3 Å². The minimum absolute atomic E-state index is 0.242. The molecule has 0 atom stereocenters. The van der Waals surface area contributed by atoms with Crippen molar-refractivity contribution in [1.29, 1.82) is 0 Å². The Kier molecular flexibility index (Phi) is 3.17. The summed E-state index contributed by atoms with van der Waals surface area (Å²) in [5.74, 6) is -0.242. The molecule has 2 heterocycles. The molecule has 0 bridgehead atoms. The molecule has 0 aliphatic rings. The van der Waals surface area contributed by atoms with E-state index in [-0.39, 0.29) is 5.91 Å². The lowest BCUT2D eigenvalue weighted by molar-refractivity contribution is 0.102. The van der Waals surface area contributed by atoms with Gasteiger partial charge in [0.2, 0.25) is 0 Å². The first-order valence-electron chi connectivity index (χ1n) is 4.49. The lowest BCUT2D eigenvalue weighted by Crippen LogP contribution is -2.13. The average molecular weight is 254 g/mol. The van der Waals surface area contributed by atoms with Gasteiger partial charge in [0.25, 0.3) is 5.91 Å². The molecular weight excluding hydrogens is 246 g/mol. The van der Waals surface area contributed by atoms with Crippen LogP contribution in [-0.2, 0) is 0 Å². The second-order valence-corrected chi connectivity index (χ2v) is 4.20. The molecular formula is C10H8ClN3OS. The zero-order chi connectivity index (χ0) is 11.5. The first kappa shape index (κ1) is 11.0. The number of halogens is 1. The predicted molar refractivity (Wildman–Crippen MR) is 64.1 cm³/mol. The highest BCUT2D eigenvalue weighted by atomic mass is 35.5. The Morgan fingerprint density at radius 1 is 1.50 bits per heavy atom. The summed E-state index contributed by atoms with van der Waals surface area (Å²) in [6.45, 7) is 1.78. The number of pyridine rings is 1. The number of anilines is 1. The van der Waals surface area contributed by atoms with Gasteiger partial charge in [-0.1, -0.05) is 11.6 Å².